The van der Waals surface area contributed by atoms with Crippen molar-refractivity contribution in [1.29, 1.82) is 0 Å². The number of hydrogen-bond donors (Lipinski definition) is 2. The third-order valence-corrected chi connectivity index (χ3v) is 3.74. The molecule has 0 atom stereocenters. The van der Waals surface area contributed by atoms with Crippen molar-refractivity contribution in [3.63, 3.8) is 0 Å². The molecule has 0 radical (unpaired) electrons. The molecule has 1 heterocycles. The number of carbonyl (C=O) groups is 2. The van der Waals surface area contributed by atoms with E-state index in [4.69, 9.17) is 4.74 Å². The zero-order valence-corrected chi connectivity index (χ0v) is 14.8. The molecule has 0 unspecified atom stereocenters. The van der Waals surface area contributed by atoms with Gasteiger partial charge in [-0.1, -0.05) is 30.3 Å². The lowest BCUT2D eigenvalue weighted by atomic mass is 10.1. The number of pyridine rings is 1. The molecule has 0 aliphatic heterocycles. The van der Waals surface area contributed by atoms with E-state index >= 15 is 0 Å². The van der Waals surface area contributed by atoms with Crippen molar-refractivity contribution in [3.05, 3.63) is 84.1 Å². The highest BCUT2D eigenvalue weighted by atomic mass is 16.5. The Morgan fingerprint density at radius 3 is 2.41 bits per heavy atom. The number of amides is 1. The first kappa shape index (κ1) is 18.1. The summed E-state index contributed by atoms with van der Waals surface area (Å²) in [6.07, 6.45) is 1.59. The topological polar surface area (TPSA) is 80.3 Å². The normalized spacial score (nSPS) is 10.1. The monoisotopic (exact) mass is 361 g/mol. The lowest BCUT2D eigenvalue weighted by molar-refractivity contribution is 0.0527. The maximum Gasteiger partial charge on any atom is 0.340 e. The number of benzene rings is 2. The molecular weight excluding hydrogens is 342 g/mol. The molecule has 0 spiro atoms. The van der Waals surface area contributed by atoms with Crippen LogP contribution in [-0.4, -0.2) is 23.5 Å². The van der Waals surface area contributed by atoms with Gasteiger partial charge in [0.05, 0.1) is 29.7 Å². The van der Waals surface area contributed by atoms with E-state index in [9.17, 15) is 9.59 Å². The molecule has 6 heteroatoms. The lowest BCUT2D eigenvalue weighted by Gasteiger charge is -2.11. The summed E-state index contributed by atoms with van der Waals surface area (Å²) < 4.78 is 5.07. The third kappa shape index (κ3) is 4.70. The quantitative estimate of drug-likeness (QED) is 0.642. The number of nitrogens with zero attached hydrogens (tertiary/aromatic N) is 1. The van der Waals surface area contributed by atoms with Gasteiger partial charge in [-0.05, 0) is 43.3 Å². The molecule has 3 aromatic rings. The summed E-state index contributed by atoms with van der Waals surface area (Å²) in [7, 11) is 0. The van der Waals surface area contributed by atoms with Crippen LogP contribution in [0.25, 0.3) is 0 Å². The molecule has 0 saturated carbocycles. The second-order valence-electron chi connectivity index (χ2n) is 5.64. The summed E-state index contributed by atoms with van der Waals surface area (Å²) >= 11 is 0. The predicted octanol–water partition coefficient (Wildman–Crippen LogP) is 4.25. The van der Waals surface area contributed by atoms with E-state index in [0.29, 0.717) is 34.9 Å². The number of para-hydroxylation sites is 1. The maximum atomic E-state index is 12.2. The SMILES string of the molecule is CCOC(=O)c1ccccc1Nc1ccc(NC(=O)c2ccccc2)nc1. The van der Waals surface area contributed by atoms with Gasteiger partial charge in [0.15, 0.2) is 0 Å². The van der Waals surface area contributed by atoms with E-state index in [1.54, 1.807) is 67.7 Å². The Bertz CT molecular complexity index is 925. The van der Waals surface area contributed by atoms with E-state index in [1.165, 1.54) is 0 Å². The zero-order chi connectivity index (χ0) is 19.1. The number of hydrogen-bond acceptors (Lipinski definition) is 5. The van der Waals surface area contributed by atoms with Crippen LogP contribution in [0, 0.1) is 0 Å². The smallest absolute Gasteiger partial charge is 0.340 e. The zero-order valence-electron chi connectivity index (χ0n) is 14.8. The molecule has 6 nitrogen and oxygen atoms in total. The van der Waals surface area contributed by atoms with Gasteiger partial charge in [0.25, 0.3) is 5.91 Å². The average Bonchev–Trinajstić information content (AvgIpc) is 2.70. The van der Waals surface area contributed by atoms with Crippen molar-refractivity contribution in [2.24, 2.45) is 0 Å². The van der Waals surface area contributed by atoms with Crippen molar-refractivity contribution in [2.75, 3.05) is 17.2 Å². The highest BCUT2D eigenvalue weighted by molar-refractivity contribution is 6.03. The molecule has 0 aliphatic carbocycles. The van der Waals surface area contributed by atoms with E-state index < -0.39 is 0 Å². The first-order valence-corrected chi connectivity index (χ1v) is 8.53. The van der Waals surface area contributed by atoms with E-state index in [2.05, 4.69) is 15.6 Å². The van der Waals surface area contributed by atoms with Gasteiger partial charge in [-0.15, -0.1) is 0 Å². The lowest BCUT2D eigenvalue weighted by Crippen LogP contribution is -2.12. The van der Waals surface area contributed by atoms with Gasteiger partial charge in [0.1, 0.15) is 5.82 Å². The number of ether oxygens (including phenoxy) is 1. The molecule has 0 saturated heterocycles. The predicted molar refractivity (Wildman–Crippen MR) is 104 cm³/mol. The van der Waals surface area contributed by atoms with E-state index in [1.807, 2.05) is 12.1 Å². The van der Waals surface area contributed by atoms with Crippen LogP contribution in [0.4, 0.5) is 17.2 Å². The van der Waals surface area contributed by atoms with Crippen LogP contribution in [0.5, 0.6) is 0 Å². The molecule has 1 amide bonds. The van der Waals surface area contributed by atoms with Crippen LogP contribution in [0.3, 0.4) is 0 Å². The maximum absolute atomic E-state index is 12.2. The minimum Gasteiger partial charge on any atom is -0.462 e. The summed E-state index contributed by atoms with van der Waals surface area (Å²) in [6, 6.07) is 19.5. The average molecular weight is 361 g/mol. The largest absolute Gasteiger partial charge is 0.462 e. The minimum atomic E-state index is -0.389. The molecule has 27 heavy (non-hydrogen) atoms. The summed E-state index contributed by atoms with van der Waals surface area (Å²) in [5.41, 5.74) is 2.31. The molecule has 136 valence electrons. The highest BCUT2D eigenvalue weighted by Gasteiger charge is 2.12. The molecule has 3 rings (SSSR count). The summed E-state index contributed by atoms with van der Waals surface area (Å²) in [5, 5.41) is 5.89. The van der Waals surface area contributed by atoms with Gasteiger partial charge in [-0.3, -0.25) is 4.79 Å². The van der Waals surface area contributed by atoms with Crippen LogP contribution >= 0.6 is 0 Å². The van der Waals surface area contributed by atoms with Gasteiger partial charge in [-0.2, -0.15) is 0 Å². The number of esters is 1. The first-order chi connectivity index (χ1) is 13.2. The van der Waals surface area contributed by atoms with E-state index in [-0.39, 0.29) is 11.9 Å². The molecular formula is C21H19N3O3. The fourth-order valence-corrected chi connectivity index (χ4v) is 2.45. The Hall–Kier alpha value is -3.67. The summed E-state index contributed by atoms with van der Waals surface area (Å²) in [4.78, 5) is 28.4. The second-order valence-corrected chi connectivity index (χ2v) is 5.64. The van der Waals surface area contributed by atoms with Gasteiger partial charge < -0.3 is 15.4 Å². The Morgan fingerprint density at radius 1 is 0.963 bits per heavy atom. The second kappa shape index (κ2) is 8.62. The van der Waals surface area contributed by atoms with Gasteiger partial charge in [-0.25, -0.2) is 9.78 Å². The Kier molecular flexibility index (Phi) is 5.79. The van der Waals surface area contributed by atoms with Crippen LogP contribution in [0.2, 0.25) is 0 Å². The Balaban J connectivity index is 1.70. The fraction of sp³-hybridized carbons (Fsp3) is 0.0952. The summed E-state index contributed by atoms with van der Waals surface area (Å²) in [6.45, 7) is 2.07. The highest BCUT2D eigenvalue weighted by Crippen LogP contribution is 2.22. The molecule has 0 bridgehead atoms. The van der Waals surface area contributed by atoms with Crippen LogP contribution in [0.15, 0.2) is 72.9 Å². The van der Waals surface area contributed by atoms with Crippen molar-refractivity contribution in [2.45, 2.75) is 6.92 Å². The van der Waals surface area contributed by atoms with Crippen molar-refractivity contribution in [3.8, 4) is 0 Å². The van der Waals surface area contributed by atoms with E-state index in [0.717, 1.165) is 0 Å². The van der Waals surface area contributed by atoms with Gasteiger partial charge in [0, 0.05) is 5.56 Å². The standard InChI is InChI=1S/C21H19N3O3/c1-2-27-21(26)17-10-6-7-11-18(17)23-16-12-13-19(22-14-16)24-20(25)15-8-4-3-5-9-15/h3-14,23H,2H2,1H3,(H,22,24,25). The number of nitrogens with one attached hydrogen (secondary N) is 2. The molecule has 0 fully saturated rings. The molecule has 1 aromatic heterocycles. The Labute approximate surface area is 157 Å². The first-order valence-electron chi connectivity index (χ1n) is 8.53. The fourth-order valence-electron chi connectivity index (χ4n) is 2.45. The third-order valence-electron chi connectivity index (χ3n) is 3.74. The summed E-state index contributed by atoms with van der Waals surface area (Å²) in [5.74, 6) is -0.176. The van der Waals surface area contributed by atoms with Crippen molar-refractivity contribution in [1.82, 2.24) is 4.98 Å². The Morgan fingerprint density at radius 2 is 1.70 bits per heavy atom. The number of anilines is 3. The minimum absolute atomic E-state index is 0.225. The van der Waals surface area contributed by atoms with Crippen LogP contribution in [0.1, 0.15) is 27.6 Å². The van der Waals surface area contributed by atoms with Crippen LogP contribution in [-0.2, 0) is 4.74 Å². The van der Waals surface area contributed by atoms with Gasteiger partial charge >= 0.3 is 5.97 Å². The molecule has 2 aromatic carbocycles. The van der Waals surface area contributed by atoms with Crippen LogP contribution < -0.4 is 10.6 Å². The molecule has 0 aliphatic rings. The number of rotatable bonds is 6. The molecule has 2 N–H and O–H groups in total. The number of aromatic nitrogens is 1. The van der Waals surface area contributed by atoms with Gasteiger partial charge in [0.2, 0.25) is 0 Å². The van der Waals surface area contributed by atoms with Crippen molar-refractivity contribution >= 4 is 29.1 Å². The number of carbonyl (C=O) groups excluding carboxylic acids is 2. The van der Waals surface area contributed by atoms with Crippen molar-refractivity contribution < 1.29 is 14.3 Å².